The molecule has 1 aliphatic rings. The van der Waals surface area contributed by atoms with E-state index in [1.54, 1.807) is 11.8 Å². The molecule has 1 fully saturated rings. The van der Waals surface area contributed by atoms with Gasteiger partial charge in [-0.05, 0) is 36.7 Å². The van der Waals surface area contributed by atoms with Gasteiger partial charge in [0.15, 0.2) is 5.16 Å². The van der Waals surface area contributed by atoms with Gasteiger partial charge in [0.05, 0.1) is 11.0 Å². The maximum Gasteiger partial charge on any atom is 0.172 e. The van der Waals surface area contributed by atoms with Gasteiger partial charge in [0, 0.05) is 19.0 Å². The van der Waals surface area contributed by atoms with Crippen molar-refractivity contribution in [2.75, 3.05) is 12.4 Å². The minimum atomic E-state index is 0.535. The summed E-state index contributed by atoms with van der Waals surface area (Å²) < 4.78 is 0. The molecule has 0 spiro atoms. The summed E-state index contributed by atoms with van der Waals surface area (Å²) in [6, 6.07) is 9.99. The Morgan fingerprint density at radius 1 is 1.19 bits per heavy atom. The van der Waals surface area contributed by atoms with E-state index in [0.717, 1.165) is 32.9 Å². The van der Waals surface area contributed by atoms with Gasteiger partial charge in [0.2, 0.25) is 0 Å². The Hall–Kier alpha value is -2.08. The highest BCUT2D eigenvalue weighted by Gasteiger charge is 2.27. The first-order valence-electron chi connectivity index (χ1n) is 7.01. The van der Waals surface area contributed by atoms with E-state index in [1.165, 1.54) is 12.8 Å². The lowest BCUT2D eigenvalue weighted by Gasteiger charge is -2.05. The maximum atomic E-state index is 4.66. The predicted octanol–water partition coefficient (Wildman–Crippen LogP) is 3.42. The normalized spacial score (nSPS) is 14.5. The third kappa shape index (κ3) is 2.58. The van der Waals surface area contributed by atoms with Crippen molar-refractivity contribution >= 4 is 28.6 Å². The quantitative estimate of drug-likeness (QED) is 0.722. The van der Waals surface area contributed by atoms with Crippen LogP contribution in [0.25, 0.3) is 11.0 Å². The number of nitrogens with one attached hydrogen (secondary N) is 2. The Morgan fingerprint density at radius 3 is 2.81 bits per heavy atom. The summed E-state index contributed by atoms with van der Waals surface area (Å²) in [5.74, 6) is 2.35. The van der Waals surface area contributed by atoms with Crippen LogP contribution in [0.15, 0.2) is 40.5 Å². The van der Waals surface area contributed by atoms with Crippen molar-refractivity contribution in [3.63, 3.8) is 0 Å². The van der Waals surface area contributed by atoms with E-state index in [0.29, 0.717) is 5.92 Å². The second-order valence-corrected chi connectivity index (χ2v) is 6.14. The van der Waals surface area contributed by atoms with E-state index in [2.05, 4.69) is 25.3 Å². The molecule has 2 aromatic heterocycles. The number of aromatic nitrogens is 4. The van der Waals surface area contributed by atoms with E-state index < -0.39 is 0 Å². The van der Waals surface area contributed by atoms with Gasteiger partial charge in [-0.25, -0.2) is 15.0 Å². The summed E-state index contributed by atoms with van der Waals surface area (Å²) in [4.78, 5) is 17.1. The highest BCUT2D eigenvalue weighted by molar-refractivity contribution is 7.99. The standard InChI is InChI=1S/C15H15N5S/c1-16-12-8-13(20-14(19-12)9-6-7-9)21-15-17-10-4-2-3-5-11(10)18-15/h2-5,8-9H,6-7H2,1H3,(H,17,18)(H,16,19,20). The number of anilines is 1. The smallest absolute Gasteiger partial charge is 0.172 e. The van der Waals surface area contributed by atoms with Gasteiger partial charge in [0.1, 0.15) is 16.7 Å². The van der Waals surface area contributed by atoms with E-state index in [-0.39, 0.29) is 0 Å². The second-order valence-electron chi connectivity index (χ2n) is 5.14. The average molecular weight is 297 g/mol. The predicted molar refractivity (Wildman–Crippen MR) is 83.8 cm³/mol. The third-order valence-corrected chi connectivity index (χ3v) is 4.29. The Morgan fingerprint density at radius 2 is 2.05 bits per heavy atom. The molecule has 0 bridgehead atoms. The molecule has 0 saturated heterocycles. The average Bonchev–Trinajstić information content (AvgIpc) is 3.27. The van der Waals surface area contributed by atoms with Crippen LogP contribution in [0.1, 0.15) is 24.6 Å². The van der Waals surface area contributed by atoms with Crippen LogP contribution in [0.5, 0.6) is 0 Å². The van der Waals surface area contributed by atoms with Gasteiger partial charge >= 0.3 is 0 Å². The highest BCUT2D eigenvalue weighted by atomic mass is 32.2. The lowest BCUT2D eigenvalue weighted by Crippen LogP contribution is -2.00. The Kier molecular flexibility index (Phi) is 3.03. The first-order valence-corrected chi connectivity index (χ1v) is 7.83. The lowest BCUT2D eigenvalue weighted by molar-refractivity contribution is 0.878. The van der Waals surface area contributed by atoms with Gasteiger partial charge in [-0.2, -0.15) is 0 Å². The molecule has 1 aromatic carbocycles. The zero-order valence-electron chi connectivity index (χ0n) is 11.6. The SMILES string of the molecule is CNc1cc(Sc2nc3ccccc3[nH]2)nc(C2CC2)n1. The summed E-state index contributed by atoms with van der Waals surface area (Å²) in [5, 5.41) is 4.89. The molecule has 5 nitrogen and oxygen atoms in total. The summed E-state index contributed by atoms with van der Waals surface area (Å²) >= 11 is 1.54. The number of fused-ring (bicyclic) bond motifs is 1. The number of imidazole rings is 1. The third-order valence-electron chi connectivity index (χ3n) is 3.49. The summed E-state index contributed by atoms with van der Waals surface area (Å²) in [6.07, 6.45) is 2.39. The summed E-state index contributed by atoms with van der Waals surface area (Å²) in [6.45, 7) is 0. The number of hydrogen-bond donors (Lipinski definition) is 2. The van der Waals surface area contributed by atoms with Crippen LogP contribution in [0.2, 0.25) is 0 Å². The van der Waals surface area contributed by atoms with E-state index >= 15 is 0 Å². The van der Waals surface area contributed by atoms with Crippen molar-refractivity contribution in [3.05, 3.63) is 36.2 Å². The fraction of sp³-hybridized carbons (Fsp3) is 0.267. The largest absolute Gasteiger partial charge is 0.373 e. The topological polar surface area (TPSA) is 66.5 Å². The molecular formula is C15H15N5S. The molecule has 0 unspecified atom stereocenters. The van der Waals surface area contributed by atoms with Crippen molar-refractivity contribution in [1.29, 1.82) is 0 Å². The van der Waals surface area contributed by atoms with Gasteiger partial charge in [-0.1, -0.05) is 12.1 Å². The van der Waals surface area contributed by atoms with E-state index in [4.69, 9.17) is 0 Å². The molecule has 1 aliphatic carbocycles. The van der Waals surface area contributed by atoms with Crippen molar-refractivity contribution in [2.24, 2.45) is 0 Å². The first-order chi connectivity index (χ1) is 10.3. The van der Waals surface area contributed by atoms with Crippen LogP contribution < -0.4 is 5.32 Å². The molecule has 0 atom stereocenters. The molecule has 106 valence electrons. The minimum absolute atomic E-state index is 0.535. The molecular weight excluding hydrogens is 282 g/mol. The zero-order valence-corrected chi connectivity index (χ0v) is 12.4. The van der Waals surface area contributed by atoms with Crippen molar-refractivity contribution in [2.45, 2.75) is 28.9 Å². The fourth-order valence-corrected chi connectivity index (χ4v) is 3.04. The molecule has 2 N–H and O–H groups in total. The molecule has 0 amide bonds. The zero-order chi connectivity index (χ0) is 14.2. The summed E-state index contributed by atoms with van der Waals surface area (Å²) in [5.41, 5.74) is 2.02. The molecule has 4 rings (SSSR count). The lowest BCUT2D eigenvalue weighted by atomic mass is 10.3. The number of nitrogens with zero attached hydrogens (tertiary/aromatic N) is 3. The molecule has 2 heterocycles. The van der Waals surface area contributed by atoms with Crippen LogP contribution in [-0.4, -0.2) is 27.0 Å². The Bertz CT molecular complexity index is 761. The van der Waals surface area contributed by atoms with Crippen LogP contribution >= 0.6 is 11.8 Å². The maximum absolute atomic E-state index is 4.66. The molecule has 6 heteroatoms. The molecule has 21 heavy (non-hydrogen) atoms. The van der Waals surface area contributed by atoms with Gasteiger partial charge in [-0.15, -0.1) is 0 Å². The second kappa shape index (κ2) is 5.04. The van der Waals surface area contributed by atoms with Crippen molar-refractivity contribution < 1.29 is 0 Å². The summed E-state index contributed by atoms with van der Waals surface area (Å²) in [7, 11) is 1.88. The van der Waals surface area contributed by atoms with Gasteiger partial charge in [-0.3, -0.25) is 0 Å². The number of para-hydroxylation sites is 2. The van der Waals surface area contributed by atoms with E-state index in [1.807, 2.05) is 37.4 Å². The van der Waals surface area contributed by atoms with Crippen molar-refractivity contribution in [3.8, 4) is 0 Å². The monoisotopic (exact) mass is 297 g/mol. The minimum Gasteiger partial charge on any atom is -0.373 e. The van der Waals surface area contributed by atoms with Gasteiger partial charge in [0.25, 0.3) is 0 Å². The number of benzene rings is 1. The molecule has 1 saturated carbocycles. The van der Waals surface area contributed by atoms with Gasteiger partial charge < -0.3 is 10.3 Å². The van der Waals surface area contributed by atoms with Crippen LogP contribution in [0.3, 0.4) is 0 Å². The Balaban J connectivity index is 1.67. The number of rotatable bonds is 4. The molecule has 3 aromatic rings. The fourth-order valence-electron chi connectivity index (χ4n) is 2.22. The Labute approximate surface area is 126 Å². The molecule has 0 radical (unpaired) electrons. The van der Waals surface area contributed by atoms with Crippen LogP contribution in [0, 0.1) is 0 Å². The number of H-pyrrole nitrogens is 1. The number of aromatic amines is 1. The first kappa shape index (κ1) is 12.6. The highest BCUT2D eigenvalue weighted by Crippen LogP contribution is 2.39. The molecule has 0 aliphatic heterocycles. The van der Waals surface area contributed by atoms with Crippen LogP contribution in [0.4, 0.5) is 5.82 Å². The van der Waals surface area contributed by atoms with Crippen LogP contribution in [-0.2, 0) is 0 Å². The van der Waals surface area contributed by atoms with Crippen molar-refractivity contribution in [1.82, 2.24) is 19.9 Å². The van der Waals surface area contributed by atoms with E-state index in [9.17, 15) is 0 Å². The number of hydrogen-bond acceptors (Lipinski definition) is 5.